The number of fused-ring (bicyclic) bond motifs is 3. The maximum absolute atomic E-state index is 14.1. The van der Waals surface area contributed by atoms with Crippen molar-refractivity contribution < 1.29 is 14.1 Å². The number of benzodiazepines with no additional fused rings is 1. The largest absolute Gasteiger partial charge is 0.341 e. The molecule has 9 heteroatoms. The number of rotatable bonds is 6. The maximum atomic E-state index is 14.1. The van der Waals surface area contributed by atoms with Gasteiger partial charge in [0.1, 0.15) is 12.4 Å². The van der Waals surface area contributed by atoms with Crippen molar-refractivity contribution in [1.82, 2.24) is 4.90 Å². The van der Waals surface area contributed by atoms with Crippen LogP contribution >= 0.6 is 0 Å². The number of likely N-dealkylation sites (N-methyl/N-ethyl adjacent to an activating group) is 1. The molecule has 8 nitrogen and oxygen atoms in total. The summed E-state index contributed by atoms with van der Waals surface area (Å²) < 4.78 is 14.1. The van der Waals surface area contributed by atoms with E-state index in [1.54, 1.807) is 19.2 Å². The SMILES string of the molecule is CN(C)CCCN1c2ccccc2CCc2ccccc21.CN1C(=O)CN=C(c2ccccc2F)c2cc([N+](=O)[O-])ccc21. The lowest BCUT2D eigenvalue weighted by Crippen LogP contribution is -2.27. The fourth-order valence-corrected chi connectivity index (χ4v) is 5.63. The van der Waals surface area contributed by atoms with Crippen LogP contribution < -0.4 is 9.80 Å². The van der Waals surface area contributed by atoms with Gasteiger partial charge in [-0.05, 0) is 81.4 Å². The Hall–Kier alpha value is -4.89. The van der Waals surface area contributed by atoms with Crippen molar-refractivity contribution in [2.24, 2.45) is 4.99 Å². The van der Waals surface area contributed by atoms with Gasteiger partial charge < -0.3 is 14.7 Å². The van der Waals surface area contributed by atoms with Gasteiger partial charge in [0, 0.05) is 48.2 Å². The van der Waals surface area contributed by atoms with E-state index in [9.17, 15) is 19.3 Å². The number of nitro benzene ring substituents is 1. The van der Waals surface area contributed by atoms with Gasteiger partial charge in [-0.2, -0.15) is 0 Å². The minimum atomic E-state index is -0.536. The van der Waals surface area contributed by atoms with E-state index in [1.807, 2.05) is 0 Å². The standard InChI is InChI=1S/C19H24N2.C16H12FN3O3/c1-20(2)14-7-15-21-18-10-5-3-8-16(18)12-13-17-9-4-6-11-19(17)21;1-19-14-7-6-10(20(22)23)8-12(14)16(18-9-15(19)21)11-4-2-3-5-13(11)17/h3-6,8-11H,7,12-15H2,1-2H3;2-8H,9H2,1H3. The number of carbonyl (C=O) groups is 1. The summed E-state index contributed by atoms with van der Waals surface area (Å²) in [5.41, 5.74) is 6.84. The summed E-state index contributed by atoms with van der Waals surface area (Å²) in [5, 5.41) is 11.0. The van der Waals surface area contributed by atoms with E-state index in [0.29, 0.717) is 11.3 Å². The topological polar surface area (TPSA) is 82.3 Å². The van der Waals surface area contributed by atoms with Crippen molar-refractivity contribution in [1.29, 1.82) is 0 Å². The van der Waals surface area contributed by atoms with Gasteiger partial charge in [0.05, 0.1) is 16.3 Å². The minimum absolute atomic E-state index is 0.143. The van der Waals surface area contributed by atoms with Gasteiger partial charge in [0.25, 0.3) is 5.69 Å². The summed E-state index contributed by atoms with van der Waals surface area (Å²) in [4.78, 5) is 32.9. The number of carbonyl (C=O) groups excluding carboxylic acids is 1. The second kappa shape index (κ2) is 13.6. The number of nitro groups is 1. The summed E-state index contributed by atoms with van der Waals surface area (Å²) in [6.07, 6.45) is 3.45. The number of non-ortho nitro benzene ring substituents is 1. The highest BCUT2D eigenvalue weighted by atomic mass is 19.1. The zero-order chi connectivity index (χ0) is 31.2. The Bertz CT molecular complexity index is 1660. The average Bonchev–Trinajstić information content (AvgIpc) is 3.26. The van der Waals surface area contributed by atoms with E-state index in [4.69, 9.17) is 0 Å². The maximum Gasteiger partial charge on any atom is 0.270 e. The lowest BCUT2D eigenvalue weighted by Gasteiger charge is -2.27. The molecule has 0 radical (unpaired) electrons. The van der Waals surface area contributed by atoms with E-state index in [1.165, 1.54) is 64.2 Å². The number of hydrogen-bond donors (Lipinski definition) is 0. The van der Waals surface area contributed by atoms with Gasteiger partial charge in [-0.15, -0.1) is 0 Å². The molecule has 0 saturated heterocycles. The van der Waals surface area contributed by atoms with Gasteiger partial charge >= 0.3 is 0 Å². The molecular weight excluding hydrogens is 557 g/mol. The second-order valence-electron chi connectivity index (χ2n) is 11.1. The van der Waals surface area contributed by atoms with Crippen molar-refractivity contribution in [2.45, 2.75) is 19.3 Å². The number of halogens is 1. The van der Waals surface area contributed by atoms with Crippen LogP contribution in [0.4, 0.5) is 27.1 Å². The lowest BCUT2D eigenvalue weighted by molar-refractivity contribution is -0.384. The van der Waals surface area contributed by atoms with Crippen LogP contribution in [0.1, 0.15) is 28.7 Å². The number of amides is 1. The zero-order valence-electron chi connectivity index (χ0n) is 25.2. The Balaban J connectivity index is 0.000000175. The Kier molecular flexibility index (Phi) is 9.45. The minimum Gasteiger partial charge on any atom is -0.341 e. The molecule has 6 rings (SSSR count). The summed E-state index contributed by atoms with van der Waals surface area (Å²) in [7, 11) is 5.85. The molecule has 44 heavy (non-hydrogen) atoms. The average molecular weight is 594 g/mol. The first kappa shape index (κ1) is 30.6. The van der Waals surface area contributed by atoms with Crippen LogP contribution in [0.5, 0.6) is 0 Å². The number of para-hydroxylation sites is 2. The first-order valence-electron chi connectivity index (χ1n) is 14.7. The summed E-state index contributed by atoms with van der Waals surface area (Å²) in [6.45, 7) is 2.05. The number of nitrogens with zero attached hydrogens (tertiary/aromatic N) is 5. The lowest BCUT2D eigenvalue weighted by atomic mass is 9.99. The molecule has 0 atom stereocenters. The van der Waals surface area contributed by atoms with Crippen LogP contribution in [0.2, 0.25) is 0 Å². The van der Waals surface area contributed by atoms with Gasteiger partial charge in [-0.1, -0.05) is 48.5 Å². The predicted molar refractivity (Wildman–Crippen MR) is 174 cm³/mol. The Morgan fingerprint density at radius 3 is 2.09 bits per heavy atom. The molecule has 1 amide bonds. The van der Waals surface area contributed by atoms with E-state index >= 15 is 0 Å². The number of anilines is 3. The molecule has 0 aliphatic carbocycles. The third kappa shape index (κ3) is 6.68. The zero-order valence-corrected chi connectivity index (χ0v) is 25.2. The highest BCUT2D eigenvalue weighted by Crippen LogP contribution is 2.36. The molecule has 4 aromatic carbocycles. The van der Waals surface area contributed by atoms with E-state index in [0.717, 1.165) is 25.9 Å². The van der Waals surface area contributed by atoms with E-state index in [-0.39, 0.29) is 29.4 Å². The Labute approximate surface area is 257 Å². The highest BCUT2D eigenvalue weighted by Gasteiger charge is 2.26. The van der Waals surface area contributed by atoms with Crippen LogP contribution in [0.15, 0.2) is 96.0 Å². The van der Waals surface area contributed by atoms with Crippen molar-refractivity contribution in [2.75, 3.05) is 50.6 Å². The number of benzene rings is 4. The monoisotopic (exact) mass is 593 g/mol. The third-order valence-corrected chi connectivity index (χ3v) is 7.90. The third-order valence-electron chi connectivity index (χ3n) is 7.90. The smallest absolute Gasteiger partial charge is 0.270 e. The first-order chi connectivity index (χ1) is 21.2. The first-order valence-corrected chi connectivity index (χ1v) is 14.7. The number of aryl methyl sites for hydroxylation is 2. The fourth-order valence-electron chi connectivity index (χ4n) is 5.63. The Morgan fingerprint density at radius 1 is 0.864 bits per heavy atom. The van der Waals surface area contributed by atoms with E-state index < -0.39 is 10.7 Å². The van der Waals surface area contributed by atoms with Gasteiger partial charge in [0.15, 0.2) is 0 Å². The number of hydrogen-bond acceptors (Lipinski definition) is 6. The molecule has 0 N–H and O–H groups in total. The van der Waals surface area contributed by atoms with Gasteiger partial charge in [-0.3, -0.25) is 19.9 Å². The molecule has 2 aliphatic heterocycles. The molecule has 0 aromatic heterocycles. The van der Waals surface area contributed by atoms with Crippen LogP contribution in [0, 0.1) is 15.9 Å². The molecule has 4 aromatic rings. The van der Waals surface area contributed by atoms with Crippen molar-refractivity contribution in [3.8, 4) is 0 Å². The molecule has 2 heterocycles. The fraction of sp³-hybridized carbons (Fsp3) is 0.257. The number of aliphatic imine (C=N–C) groups is 1. The molecule has 2 aliphatic rings. The molecular formula is C35H36FN5O3. The van der Waals surface area contributed by atoms with Crippen molar-refractivity contribution in [3.63, 3.8) is 0 Å². The van der Waals surface area contributed by atoms with Crippen LogP contribution in [0.25, 0.3) is 0 Å². The summed E-state index contributed by atoms with van der Waals surface area (Å²) >= 11 is 0. The molecule has 0 unspecified atom stereocenters. The molecule has 0 fully saturated rings. The Morgan fingerprint density at radius 2 is 1.48 bits per heavy atom. The molecule has 0 spiro atoms. The molecule has 0 bridgehead atoms. The van der Waals surface area contributed by atoms with E-state index in [2.05, 4.69) is 77.4 Å². The van der Waals surface area contributed by atoms with Crippen LogP contribution in [0.3, 0.4) is 0 Å². The summed E-state index contributed by atoms with van der Waals surface area (Å²) in [6, 6.07) is 27.8. The van der Waals surface area contributed by atoms with Crippen LogP contribution in [-0.2, 0) is 17.6 Å². The molecule has 226 valence electrons. The van der Waals surface area contributed by atoms with Crippen molar-refractivity contribution in [3.05, 3.63) is 129 Å². The second-order valence-corrected chi connectivity index (χ2v) is 11.1. The van der Waals surface area contributed by atoms with Crippen LogP contribution in [-0.4, -0.2) is 62.2 Å². The predicted octanol–water partition coefficient (Wildman–Crippen LogP) is 6.42. The summed E-state index contributed by atoms with van der Waals surface area (Å²) in [5.74, 6) is -0.771. The quantitative estimate of drug-likeness (QED) is 0.190. The van der Waals surface area contributed by atoms with Crippen molar-refractivity contribution >= 4 is 34.4 Å². The normalized spacial score (nSPS) is 13.9. The highest BCUT2D eigenvalue weighted by molar-refractivity contribution is 6.19. The van der Waals surface area contributed by atoms with Gasteiger partial charge in [-0.25, -0.2) is 4.39 Å². The molecule has 0 saturated carbocycles. The van der Waals surface area contributed by atoms with Gasteiger partial charge in [0.2, 0.25) is 5.91 Å².